The third-order valence-corrected chi connectivity index (χ3v) is 2.78. The van der Waals surface area contributed by atoms with E-state index in [1.54, 1.807) is 0 Å². The molecule has 1 saturated heterocycles. The lowest BCUT2D eigenvalue weighted by Crippen LogP contribution is -2.53. The van der Waals surface area contributed by atoms with Crippen molar-refractivity contribution in [2.45, 2.75) is 32.8 Å². The number of hydrogen-bond acceptors (Lipinski definition) is 2. The first kappa shape index (κ1) is 9.75. The van der Waals surface area contributed by atoms with Gasteiger partial charge in [0, 0.05) is 5.41 Å². The first-order chi connectivity index (χ1) is 5.64. The van der Waals surface area contributed by atoms with Gasteiger partial charge < -0.3 is 9.84 Å². The molecule has 0 bridgehead atoms. The lowest BCUT2D eigenvalue weighted by molar-refractivity contribution is -0.203. The number of allylic oxidation sites excluding steroid dienone is 1. The summed E-state index contributed by atoms with van der Waals surface area (Å²) in [7, 11) is 0. The van der Waals surface area contributed by atoms with E-state index in [0.29, 0.717) is 0 Å². The van der Waals surface area contributed by atoms with Crippen LogP contribution in [0.5, 0.6) is 0 Å². The van der Waals surface area contributed by atoms with Gasteiger partial charge in [-0.1, -0.05) is 12.5 Å². The Labute approximate surface area is 74.2 Å². The van der Waals surface area contributed by atoms with Crippen LogP contribution < -0.4 is 0 Å². The van der Waals surface area contributed by atoms with Gasteiger partial charge in [0.05, 0.1) is 19.3 Å². The predicted molar refractivity (Wildman–Crippen MR) is 49.0 cm³/mol. The molecule has 12 heavy (non-hydrogen) atoms. The summed E-state index contributed by atoms with van der Waals surface area (Å²) in [6.07, 6.45) is 2.08. The number of hydrogen-bond donors (Lipinski definition) is 1. The van der Waals surface area contributed by atoms with Crippen LogP contribution in [0, 0.1) is 5.41 Å². The SMILES string of the molecule is C=C(C)CC1(CC)COC1CO. The Morgan fingerprint density at radius 1 is 1.75 bits per heavy atom. The van der Waals surface area contributed by atoms with Gasteiger partial charge in [-0.25, -0.2) is 0 Å². The van der Waals surface area contributed by atoms with Crippen molar-refractivity contribution >= 4 is 0 Å². The topological polar surface area (TPSA) is 29.5 Å². The van der Waals surface area contributed by atoms with Crippen molar-refractivity contribution in [1.82, 2.24) is 0 Å². The van der Waals surface area contributed by atoms with Crippen LogP contribution in [0.4, 0.5) is 0 Å². The predicted octanol–water partition coefficient (Wildman–Crippen LogP) is 1.74. The van der Waals surface area contributed by atoms with Gasteiger partial charge >= 0.3 is 0 Å². The summed E-state index contributed by atoms with van der Waals surface area (Å²) in [5.74, 6) is 0. The van der Waals surface area contributed by atoms with E-state index < -0.39 is 0 Å². The monoisotopic (exact) mass is 170 g/mol. The molecule has 0 amide bonds. The molecule has 2 heteroatoms. The summed E-state index contributed by atoms with van der Waals surface area (Å²) < 4.78 is 5.30. The highest BCUT2D eigenvalue weighted by Crippen LogP contribution is 2.42. The Morgan fingerprint density at radius 2 is 2.42 bits per heavy atom. The first-order valence-corrected chi connectivity index (χ1v) is 4.51. The van der Waals surface area contributed by atoms with Crippen molar-refractivity contribution in [2.24, 2.45) is 5.41 Å². The van der Waals surface area contributed by atoms with E-state index in [-0.39, 0.29) is 18.1 Å². The zero-order valence-corrected chi connectivity index (χ0v) is 7.97. The molecule has 1 heterocycles. The molecule has 0 aromatic carbocycles. The quantitative estimate of drug-likeness (QED) is 0.651. The molecular formula is C10H18O2. The minimum absolute atomic E-state index is 0.0409. The van der Waals surface area contributed by atoms with Crippen LogP contribution in [-0.2, 0) is 4.74 Å². The van der Waals surface area contributed by atoms with Crippen LogP contribution in [0.15, 0.2) is 12.2 Å². The summed E-state index contributed by atoms with van der Waals surface area (Å²) >= 11 is 0. The Hall–Kier alpha value is -0.340. The minimum Gasteiger partial charge on any atom is -0.394 e. The van der Waals surface area contributed by atoms with E-state index in [1.807, 2.05) is 6.92 Å². The second-order valence-electron chi connectivity index (χ2n) is 3.83. The van der Waals surface area contributed by atoms with Gasteiger partial charge in [-0.3, -0.25) is 0 Å². The van der Waals surface area contributed by atoms with Crippen LogP contribution >= 0.6 is 0 Å². The molecule has 1 aliphatic heterocycles. The highest BCUT2D eigenvalue weighted by molar-refractivity contribution is 5.03. The average Bonchev–Trinajstić information content (AvgIpc) is 1.98. The molecule has 2 unspecified atom stereocenters. The van der Waals surface area contributed by atoms with Crippen molar-refractivity contribution in [3.63, 3.8) is 0 Å². The maximum atomic E-state index is 9.01. The molecular weight excluding hydrogens is 152 g/mol. The van der Waals surface area contributed by atoms with E-state index in [0.717, 1.165) is 19.4 Å². The lowest BCUT2D eigenvalue weighted by atomic mass is 9.72. The molecule has 0 saturated carbocycles. The third kappa shape index (κ3) is 1.54. The van der Waals surface area contributed by atoms with Gasteiger partial charge in [0.25, 0.3) is 0 Å². The van der Waals surface area contributed by atoms with Gasteiger partial charge in [-0.05, 0) is 19.8 Å². The standard InChI is InChI=1S/C10H18O2/c1-4-10(5-8(2)3)7-12-9(10)6-11/h9,11H,2,4-7H2,1,3H3. The van der Waals surface area contributed by atoms with E-state index in [2.05, 4.69) is 13.5 Å². The fourth-order valence-electron chi connectivity index (χ4n) is 1.90. The van der Waals surface area contributed by atoms with E-state index in [1.165, 1.54) is 5.57 Å². The van der Waals surface area contributed by atoms with Crippen LogP contribution in [0.2, 0.25) is 0 Å². The van der Waals surface area contributed by atoms with Crippen molar-refractivity contribution in [2.75, 3.05) is 13.2 Å². The van der Waals surface area contributed by atoms with Gasteiger partial charge in [-0.15, -0.1) is 6.58 Å². The summed E-state index contributed by atoms with van der Waals surface area (Å²) in [6.45, 7) is 9.00. The van der Waals surface area contributed by atoms with Crippen LogP contribution in [0.25, 0.3) is 0 Å². The fraction of sp³-hybridized carbons (Fsp3) is 0.800. The first-order valence-electron chi connectivity index (χ1n) is 4.51. The molecule has 1 rings (SSSR count). The summed E-state index contributed by atoms with van der Waals surface area (Å²) in [4.78, 5) is 0. The fourth-order valence-corrected chi connectivity index (χ4v) is 1.90. The molecule has 0 aliphatic carbocycles. The van der Waals surface area contributed by atoms with Crippen LogP contribution in [0.1, 0.15) is 26.7 Å². The molecule has 1 aliphatic rings. The largest absolute Gasteiger partial charge is 0.394 e. The summed E-state index contributed by atoms with van der Waals surface area (Å²) in [6, 6.07) is 0. The number of aliphatic hydroxyl groups excluding tert-OH is 1. The molecule has 1 fully saturated rings. The molecule has 2 atom stereocenters. The van der Waals surface area contributed by atoms with Crippen molar-refractivity contribution < 1.29 is 9.84 Å². The highest BCUT2D eigenvalue weighted by atomic mass is 16.5. The molecule has 2 nitrogen and oxygen atoms in total. The van der Waals surface area contributed by atoms with Gasteiger partial charge in [0.2, 0.25) is 0 Å². The van der Waals surface area contributed by atoms with Gasteiger partial charge in [0.1, 0.15) is 0 Å². The van der Waals surface area contributed by atoms with Gasteiger partial charge in [-0.2, -0.15) is 0 Å². The van der Waals surface area contributed by atoms with Crippen molar-refractivity contribution in [1.29, 1.82) is 0 Å². The highest BCUT2D eigenvalue weighted by Gasteiger charge is 2.46. The molecule has 0 aromatic rings. The molecule has 1 N–H and O–H groups in total. The smallest absolute Gasteiger partial charge is 0.0887 e. The molecule has 0 spiro atoms. The Morgan fingerprint density at radius 3 is 2.67 bits per heavy atom. The number of rotatable bonds is 4. The van der Waals surface area contributed by atoms with Crippen molar-refractivity contribution in [3.8, 4) is 0 Å². The van der Waals surface area contributed by atoms with Crippen LogP contribution in [0.3, 0.4) is 0 Å². The van der Waals surface area contributed by atoms with Gasteiger partial charge in [0.15, 0.2) is 0 Å². The lowest BCUT2D eigenvalue weighted by Gasteiger charge is -2.48. The number of ether oxygens (including phenoxy) is 1. The minimum atomic E-state index is 0.0409. The maximum absolute atomic E-state index is 9.01. The summed E-state index contributed by atoms with van der Waals surface area (Å²) in [5.41, 5.74) is 1.36. The zero-order chi connectivity index (χ0) is 9.19. The maximum Gasteiger partial charge on any atom is 0.0887 e. The Balaban J connectivity index is 2.57. The van der Waals surface area contributed by atoms with E-state index >= 15 is 0 Å². The normalized spacial score (nSPS) is 34.4. The molecule has 70 valence electrons. The van der Waals surface area contributed by atoms with Crippen LogP contribution in [-0.4, -0.2) is 24.4 Å². The second-order valence-corrected chi connectivity index (χ2v) is 3.83. The summed E-state index contributed by atoms with van der Waals surface area (Å²) in [5, 5.41) is 9.01. The Kier molecular flexibility index (Phi) is 2.91. The van der Waals surface area contributed by atoms with Crippen molar-refractivity contribution in [3.05, 3.63) is 12.2 Å². The molecule has 0 radical (unpaired) electrons. The third-order valence-electron chi connectivity index (χ3n) is 2.78. The number of aliphatic hydroxyl groups is 1. The second kappa shape index (κ2) is 3.58. The van der Waals surface area contributed by atoms with E-state index in [9.17, 15) is 0 Å². The average molecular weight is 170 g/mol. The molecule has 0 aromatic heterocycles. The Bertz CT molecular complexity index is 171. The van der Waals surface area contributed by atoms with E-state index in [4.69, 9.17) is 9.84 Å². The zero-order valence-electron chi connectivity index (χ0n) is 7.97.